The topological polar surface area (TPSA) is 21.3 Å². The number of aryl methyl sites for hydroxylation is 2. The second kappa shape index (κ2) is 7.84. The molecule has 0 saturated carbocycles. The van der Waals surface area contributed by atoms with Crippen LogP contribution in [0, 0.1) is 6.92 Å². The summed E-state index contributed by atoms with van der Waals surface area (Å²) in [6.45, 7) is 5.30. The molecule has 2 nitrogen and oxygen atoms in total. The molecule has 1 N–H and O–H groups in total. The van der Waals surface area contributed by atoms with Gasteiger partial charge in [0.15, 0.2) is 0 Å². The summed E-state index contributed by atoms with van der Waals surface area (Å²) in [5, 5.41) is 3.59. The van der Waals surface area contributed by atoms with Crippen LogP contribution in [-0.2, 0) is 6.42 Å². The lowest BCUT2D eigenvalue weighted by atomic mass is 9.97. The molecule has 1 unspecified atom stereocenters. The van der Waals surface area contributed by atoms with Crippen LogP contribution in [0.5, 0.6) is 5.75 Å². The molecular weight excluding hydrogens is 258 g/mol. The Morgan fingerprint density at radius 3 is 2.48 bits per heavy atom. The van der Waals surface area contributed by atoms with Gasteiger partial charge in [-0.3, -0.25) is 0 Å². The van der Waals surface area contributed by atoms with Gasteiger partial charge in [-0.15, -0.1) is 0 Å². The summed E-state index contributed by atoms with van der Waals surface area (Å²) in [4.78, 5) is 0. The van der Waals surface area contributed by atoms with E-state index in [1.54, 1.807) is 7.11 Å². The molecule has 2 heteroatoms. The summed E-state index contributed by atoms with van der Waals surface area (Å²) in [5.41, 5.74) is 4.05. The highest BCUT2D eigenvalue weighted by atomic mass is 16.5. The van der Waals surface area contributed by atoms with Crippen molar-refractivity contribution in [3.05, 3.63) is 65.2 Å². The lowest BCUT2D eigenvalue weighted by Gasteiger charge is -2.19. The molecule has 0 spiro atoms. The molecule has 1 atom stereocenters. The van der Waals surface area contributed by atoms with Crippen molar-refractivity contribution in [3.8, 4) is 5.75 Å². The molecule has 0 aliphatic heterocycles. The largest absolute Gasteiger partial charge is 0.497 e. The van der Waals surface area contributed by atoms with Crippen LogP contribution < -0.4 is 10.1 Å². The zero-order valence-corrected chi connectivity index (χ0v) is 13.2. The minimum atomic E-state index is 0.414. The molecule has 2 rings (SSSR count). The van der Waals surface area contributed by atoms with E-state index in [0.717, 1.165) is 25.1 Å². The van der Waals surface area contributed by atoms with Crippen LogP contribution in [0.3, 0.4) is 0 Å². The van der Waals surface area contributed by atoms with Gasteiger partial charge in [-0.2, -0.15) is 0 Å². The van der Waals surface area contributed by atoms with E-state index in [1.807, 2.05) is 12.1 Å². The van der Waals surface area contributed by atoms with E-state index in [-0.39, 0.29) is 0 Å². The average Bonchev–Trinajstić information content (AvgIpc) is 2.52. The Morgan fingerprint density at radius 1 is 1.10 bits per heavy atom. The van der Waals surface area contributed by atoms with E-state index in [0.29, 0.717) is 6.04 Å². The van der Waals surface area contributed by atoms with E-state index in [2.05, 4.69) is 55.6 Å². The third kappa shape index (κ3) is 4.61. The molecule has 0 heterocycles. The van der Waals surface area contributed by atoms with Gasteiger partial charge in [0.25, 0.3) is 0 Å². The molecule has 0 radical (unpaired) electrons. The first kappa shape index (κ1) is 15.6. The molecular formula is C19H25NO. The first-order chi connectivity index (χ1) is 10.2. The predicted octanol–water partition coefficient (Wildman–Crippen LogP) is 4.29. The Hall–Kier alpha value is -1.80. The fourth-order valence-corrected chi connectivity index (χ4v) is 2.62. The lowest BCUT2D eigenvalue weighted by Crippen LogP contribution is -2.21. The molecule has 0 aliphatic rings. The van der Waals surface area contributed by atoms with Gasteiger partial charge in [0.1, 0.15) is 5.75 Å². The van der Waals surface area contributed by atoms with Crippen LogP contribution in [-0.4, -0.2) is 13.7 Å². The van der Waals surface area contributed by atoms with E-state index in [9.17, 15) is 0 Å². The van der Waals surface area contributed by atoms with Crippen molar-refractivity contribution in [1.29, 1.82) is 0 Å². The van der Waals surface area contributed by atoms with Crippen LogP contribution in [0.15, 0.2) is 48.5 Å². The predicted molar refractivity (Wildman–Crippen MR) is 88.9 cm³/mol. The maximum absolute atomic E-state index is 5.20. The maximum atomic E-state index is 5.20. The van der Waals surface area contributed by atoms with Gasteiger partial charge >= 0.3 is 0 Å². The summed E-state index contributed by atoms with van der Waals surface area (Å²) in [5.74, 6) is 0.917. The first-order valence-electron chi connectivity index (χ1n) is 7.65. The molecule has 0 bridgehead atoms. The van der Waals surface area contributed by atoms with Gasteiger partial charge in [0.05, 0.1) is 7.11 Å². The zero-order chi connectivity index (χ0) is 15.1. The molecule has 0 saturated heterocycles. The first-order valence-corrected chi connectivity index (χ1v) is 7.65. The highest BCUT2D eigenvalue weighted by molar-refractivity contribution is 5.28. The molecule has 112 valence electrons. The maximum Gasteiger partial charge on any atom is 0.118 e. The van der Waals surface area contributed by atoms with Gasteiger partial charge in [-0.05, 0) is 49.6 Å². The van der Waals surface area contributed by atoms with E-state index < -0.39 is 0 Å². The number of methoxy groups -OCH3 is 1. The van der Waals surface area contributed by atoms with Crippen molar-refractivity contribution < 1.29 is 4.74 Å². The summed E-state index contributed by atoms with van der Waals surface area (Å²) in [6, 6.07) is 17.6. The number of hydrogen-bond acceptors (Lipinski definition) is 2. The number of hydrogen-bond donors (Lipinski definition) is 1. The standard InChI is InChI=1S/C19H25NO/c1-4-20-19(17-7-5-6-15(2)14-17)13-10-16-8-11-18(21-3)12-9-16/h5-9,11-12,14,19-20H,4,10,13H2,1-3H3. The molecule has 0 aromatic heterocycles. The average molecular weight is 283 g/mol. The Labute approximate surface area is 128 Å². The minimum Gasteiger partial charge on any atom is -0.497 e. The normalized spacial score (nSPS) is 12.1. The molecule has 0 fully saturated rings. The van der Waals surface area contributed by atoms with Crippen molar-refractivity contribution in [2.45, 2.75) is 32.7 Å². The highest BCUT2D eigenvalue weighted by Crippen LogP contribution is 2.21. The van der Waals surface area contributed by atoms with Crippen LogP contribution in [0.2, 0.25) is 0 Å². The fraction of sp³-hybridized carbons (Fsp3) is 0.368. The SMILES string of the molecule is CCNC(CCc1ccc(OC)cc1)c1cccc(C)c1. The van der Waals surface area contributed by atoms with Crippen molar-refractivity contribution >= 4 is 0 Å². The van der Waals surface area contributed by atoms with E-state index in [4.69, 9.17) is 4.74 Å². The Balaban J connectivity index is 2.02. The second-order valence-corrected chi connectivity index (χ2v) is 5.41. The monoisotopic (exact) mass is 283 g/mol. The van der Waals surface area contributed by atoms with Gasteiger partial charge in [-0.1, -0.05) is 48.9 Å². The highest BCUT2D eigenvalue weighted by Gasteiger charge is 2.10. The Morgan fingerprint density at radius 2 is 1.86 bits per heavy atom. The number of benzene rings is 2. The Kier molecular flexibility index (Phi) is 5.82. The third-order valence-corrected chi connectivity index (χ3v) is 3.78. The van der Waals surface area contributed by atoms with Crippen molar-refractivity contribution in [3.63, 3.8) is 0 Å². The lowest BCUT2D eigenvalue weighted by molar-refractivity contribution is 0.414. The summed E-state index contributed by atoms with van der Waals surface area (Å²) >= 11 is 0. The van der Waals surface area contributed by atoms with Crippen molar-refractivity contribution in [1.82, 2.24) is 5.32 Å². The smallest absolute Gasteiger partial charge is 0.118 e. The third-order valence-electron chi connectivity index (χ3n) is 3.78. The Bertz CT molecular complexity index is 548. The fourth-order valence-electron chi connectivity index (χ4n) is 2.62. The quantitative estimate of drug-likeness (QED) is 0.818. The minimum absolute atomic E-state index is 0.414. The molecule has 0 amide bonds. The summed E-state index contributed by atoms with van der Waals surface area (Å²) in [7, 11) is 1.70. The van der Waals surface area contributed by atoms with Crippen LogP contribution in [0.4, 0.5) is 0 Å². The molecule has 21 heavy (non-hydrogen) atoms. The van der Waals surface area contributed by atoms with Gasteiger partial charge in [0.2, 0.25) is 0 Å². The van der Waals surface area contributed by atoms with Crippen molar-refractivity contribution in [2.75, 3.05) is 13.7 Å². The second-order valence-electron chi connectivity index (χ2n) is 5.41. The van der Waals surface area contributed by atoms with Crippen LogP contribution >= 0.6 is 0 Å². The van der Waals surface area contributed by atoms with Crippen molar-refractivity contribution in [2.24, 2.45) is 0 Å². The van der Waals surface area contributed by atoms with Gasteiger partial charge < -0.3 is 10.1 Å². The summed E-state index contributed by atoms with van der Waals surface area (Å²) < 4.78 is 5.20. The van der Waals surface area contributed by atoms with Gasteiger partial charge in [-0.25, -0.2) is 0 Å². The molecule has 2 aromatic carbocycles. The zero-order valence-electron chi connectivity index (χ0n) is 13.2. The molecule has 0 aliphatic carbocycles. The van der Waals surface area contributed by atoms with E-state index in [1.165, 1.54) is 16.7 Å². The van der Waals surface area contributed by atoms with Crippen LogP contribution in [0.25, 0.3) is 0 Å². The number of nitrogens with one attached hydrogen (secondary N) is 1. The summed E-state index contributed by atoms with van der Waals surface area (Å²) in [6.07, 6.45) is 2.17. The van der Waals surface area contributed by atoms with Gasteiger partial charge in [0, 0.05) is 6.04 Å². The molecule has 2 aromatic rings. The van der Waals surface area contributed by atoms with Crippen LogP contribution in [0.1, 0.15) is 36.1 Å². The number of rotatable bonds is 7. The number of ether oxygens (including phenoxy) is 1. The van der Waals surface area contributed by atoms with E-state index >= 15 is 0 Å².